The van der Waals surface area contributed by atoms with Crippen molar-refractivity contribution in [3.63, 3.8) is 0 Å². The lowest BCUT2D eigenvalue weighted by atomic mass is 10.0. The van der Waals surface area contributed by atoms with Crippen LogP contribution >= 0.6 is 0 Å². The van der Waals surface area contributed by atoms with E-state index in [0.717, 1.165) is 6.08 Å². The molecule has 0 fully saturated rings. The number of aliphatic hydroxyl groups is 2. The van der Waals surface area contributed by atoms with E-state index in [1.54, 1.807) is 6.92 Å². The van der Waals surface area contributed by atoms with Crippen LogP contribution in [0, 0.1) is 0 Å². The molecule has 0 unspecified atom stereocenters. The number of carbonyl (C=O) groups excluding carboxylic acids is 2. The molecule has 0 aliphatic carbocycles. The quantitative estimate of drug-likeness (QED) is 0.523. The van der Waals surface area contributed by atoms with Gasteiger partial charge in [0.25, 0.3) is 0 Å². The van der Waals surface area contributed by atoms with Crippen LogP contribution in [0.2, 0.25) is 0 Å². The van der Waals surface area contributed by atoms with Gasteiger partial charge in [-0.05, 0) is 31.1 Å². The molecule has 3 atom stereocenters. The fraction of sp³-hybridized carbons (Fsp3) is 0.400. The molecule has 1 aromatic carbocycles. The Hall–Kier alpha value is -2.68. The van der Waals surface area contributed by atoms with E-state index in [1.807, 2.05) is 0 Å². The standard InChI is InChI=1S/C20H24O8/c1-12-5-3-7-15(21)19(24)16(22)8-4-6-13-9-14(27-11-26-2)10-17(23)18(13)20(25)28-12/h3-4,6-7,9-10,12,16,19,22-24H,5,8,11H2,1-2H3/b6-4+,7-3-/t12-,16+,19+/m0/s1. The molecule has 152 valence electrons. The Morgan fingerprint density at radius 3 is 2.57 bits per heavy atom. The summed E-state index contributed by atoms with van der Waals surface area (Å²) >= 11 is 0. The molecule has 3 N–H and O–H groups in total. The van der Waals surface area contributed by atoms with Crippen molar-refractivity contribution in [2.24, 2.45) is 0 Å². The average Bonchev–Trinajstić information content (AvgIpc) is 2.64. The fourth-order valence-electron chi connectivity index (χ4n) is 2.60. The molecule has 1 aliphatic heterocycles. The molecule has 0 aromatic heterocycles. The Bertz CT molecular complexity index is 768. The normalized spacial score (nSPS) is 25.9. The Labute approximate surface area is 162 Å². The first kappa shape index (κ1) is 21.6. The Morgan fingerprint density at radius 2 is 1.86 bits per heavy atom. The van der Waals surface area contributed by atoms with E-state index >= 15 is 0 Å². The van der Waals surface area contributed by atoms with Gasteiger partial charge in [0.05, 0.1) is 6.10 Å². The first-order chi connectivity index (χ1) is 13.3. The first-order valence-corrected chi connectivity index (χ1v) is 8.76. The number of benzene rings is 1. The zero-order valence-electron chi connectivity index (χ0n) is 15.7. The van der Waals surface area contributed by atoms with Crippen LogP contribution in [-0.2, 0) is 14.3 Å². The third-order valence-corrected chi connectivity index (χ3v) is 4.06. The number of phenolic OH excluding ortho intramolecular Hbond substituents is 1. The largest absolute Gasteiger partial charge is 0.507 e. The van der Waals surface area contributed by atoms with Crippen LogP contribution in [0.4, 0.5) is 0 Å². The Kier molecular flexibility index (Phi) is 7.74. The van der Waals surface area contributed by atoms with Crippen LogP contribution in [0.15, 0.2) is 30.4 Å². The molecule has 8 nitrogen and oxygen atoms in total. The minimum absolute atomic E-state index is 0.0461. The SMILES string of the molecule is COCOc1cc(O)c2c(c1)/C=C/C[C@@H](O)[C@H](O)C(=O)/C=C\C[C@H](C)OC2=O. The summed E-state index contributed by atoms with van der Waals surface area (Å²) in [5.41, 5.74) is 0.240. The van der Waals surface area contributed by atoms with Crippen molar-refractivity contribution in [3.05, 3.63) is 41.5 Å². The van der Waals surface area contributed by atoms with Gasteiger partial charge in [0.2, 0.25) is 0 Å². The van der Waals surface area contributed by atoms with E-state index < -0.39 is 30.1 Å². The van der Waals surface area contributed by atoms with Gasteiger partial charge < -0.3 is 29.5 Å². The Balaban J connectivity index is 2.43. The number of ether oxygens (including phenoxy) is 3. The first-order valence-electron chi connectivity index (χ1n) is 8.76. The maximum absolute atomic E-state index is 12.6. The van der Waals surface area contributed by atoms with Crippen molar-refractivity contribution in [2.45, 2.75) is 38.1 Å². The average molecular weight is 392 g/mol. The number of methoxy groups -OCH3 is 1. The van der Waals surface area contributed by atoms with E-state index in [-0.39, 0.29) is 36.7 Å². The highest BCUT2D eigenvalue weighted by Crippen LogP contribution is 2.30. The fourth-order valence-corrected chi connectivity index (χ4v) is 2.60. The lowest BCUT2D eigenvalue weighted by molar-refractivity contribution is -0.127. The minimum Gasteiger partial charge on any atom is -0.507 e. The van der Waals surface area contributed by atoms with Gasteiger partial charge >= 0.3 is 5.97 Å². The van der Waals surface area contributed by atoms with Crippen molar-refractivity contribution in [1.82, 2.24) is 0 Å². The number of aromatic hydroxyl groups is 1. The zero-order chi connectivity index (χ0) is 20.7. The predicted molar refractivity (Wildman–Crippen MR) is 99.9 cm³/mol. The molecule has 0 saturated carbocycles. The smallest absolute Gasteiger partial charge is 0.342 e. The highest BCUT2D eigenvalue weighted by atomic mass is 16.7. The van der Waals surface area contributed by atoms with E-state index in [1.165, 1.54) is 37.5 Å². The van der Waals surface area contributed by atoms with Gasteiger partial charge in [0.15, 0.2) is 12.6 Å². The van der Waals surface area contributed by atoms with E-state index in [4.69, 9.17) is 14.2 Å². The molecule has 0 radical (unpaired) electrons. The number of phenols is 1. The molecule has 0 bridgehead atoms. The number of hydrogen-bond donors (Lipinski definition) is 3. The topological polar surface area (TPSA) is 123 Å². The van der Waals surface area contributed by atoms with Gasteiger partial charge in [-0.1, -0.05) is 18.2 Å². The third-order valence-electron chi connectivity index (χ3n) is 4.06. The molecule has 1 aromatic rings. The summed E-state index contributed by atoms with van der Waals surface area (Å²) in [7, 11) is 1.44. The summed E-state index contributed by atoms with van der Waals surface area (Å²) in [5.74, 6) is -1.43. The van der Waals surface area contributed by atoms with Crippen molar-refractivity contribution in [1.29, 1.82) is 0 Å². The molecule has 28 heavy (non-hydrogen) atoms. The van der Waals surface area contributed by atoms with E-state index in [0.29, 0.717) is 5.56 Å². The molecule has 8 heteroatoms. The number of fused-ring (bicyclic) bond motifs is 1. The maximum Gasteiger partial charge on any atom is 0.342 e. The number of aliphatic hydroxyl groups excluding tert-OH is 2. The second-order valence-electron chi connectivity index (χ2n) is 6.36. The maximum atomic E-state index is 12.6. The number of esters is 1. The van der Waals surface area contributed by atoms with Crippen LogP contribution in [0.3, 0.4) is 0 Å². The molecule has 0 saturated heterocycles. The van der Waals surface area contributed by atoms with Crippen LogP contribution in [0.5, 0.6) is 11.5 Å². The van der Waals surface area contributed by atoms with Crippen LogP contribution in [0.25, 0.3) is 6.08 Å². The lowest BCUT2D eigenvalue weighted by Gasteiger charge is -2.17. The van der Waals surface area contributed by atoms with Gasteiger partial charge in [-0.25, -0.2) is 4.79 Å². The third kappa shape index (κ3) is 5.66. The second-order valence-corrected chi connectivity index (χ2v) is 6.36. The number of carbonyl (C=O) groups is 2. The van der Waals surface area contributed by atoms with Crippen molar-refractivity contribution in [2.75, 3.05) is 13.9 Å². The molecule has 1 aliphatic rings. The lowest BCUT2D eigenvalue weighted by Crippen LogP contribution is -2.32. The summed E-state index contributed by atoms with van der Waals surface area (Å²) in [6, 6.07) is 2.79. The summed E-state index contributed by atoms with van der Waals surface area (Å²) in [6.45, 7) is 1.58. The second kappa shape index (κ2) is 10.0. The van der Waals surface area contributed by atoms with Crippen LogP contribution < -0.4 is 4.74 Å². The van der Waals surface area contributed by atoms with Crippen molar-refractivity contribution < 1.29 is 39.1 Å². The number of cyclic esters (lactones) is 1. The molecular weight excluding hydrogens is 368 g/mol. The number of rotatable bonds is 3. The Morgan fingerprint density at radius 1 is 1.14 bits per heavy atom. The van der Waals surface area contributed by atoms with Gasteiger partial charge in [-0.15, -0.1) is 0 Å². The minimum atomic E-state index is -1.56. The van der Waals surface area contributed by atoms with Gasteiger partial charge in [0, 0.05) is 19.6 Å². The number of ketones is 1. The van der Waals surface area contributed by atoms with Crippen LogP contribution in [0.1, 0.15) is 35.7 Å². The predicted octanol–water partition coefficient (Wildman–Crippen LogP) is 1.57. The van der Waals surface area contributed by atoms with Crippen molar-refractivity contribution >= 4 is 17.8 Å². The summed E-state index contributed by atoms with van der Waals surface area (Å²) < 4.78 is 15.5. The monoisotopic (exact) mass is 392 g/mol. The van der Waals surface area contributed by atoms with Crippen LogP contribution in [-0.4, -0.2) is 59.3 Å². The molecule has 0 spiro atoms. The molecule has 0 amide bonds. The van der Waals surface area contributed by atoms with E-state index in [2.05, 4.69) is 0 Å². The molecule has 2 rings (SSSR count). The van der Waals surface area contributed by atoms with E-state index in [9.17, 15) is 24.9 Å². The molecular formula is C20H24O8. The highest BCUT2D eigenvalue weighted by Gasteiger charge is 2.23. The van der Waals surface area contributed by atoms with Gasteiger partial charge in [0.1, 0.15) is 29.3 Å². The summed E-state index contributed by atoms with van der Waals surface area (Å²) in [5, 5.41) is 30.2. The zero-order valence-corrected chi connectivity index (χ0v) is 15.7. The summed E-state index contributed by atoms with van der Waals surface area (Å²) in [6.07, 6.45) is 2.28. The molecule has 1 heterocycles. The number of hydrogen-bond acceptors (Lipinski definition) is 8. The highest BCUT2D eigenvalue weighted by molar-refractivity contribution is 5.97. The summed E-state index contributed by atoms with van der Waals surface area (Å²) in [4.78, 5) is 24.4. The van der Waals surface area contributed by atoms with Gasteiger partial charge in [-0.2, -0.15) is 0 Å². The van der Waals surface area contributed by atoms with Gasteiger partial charge in [-0.3, -0.25) is 4.79 Å². The van der Waals surface area contributed by atoms with Crippen molar-refractivity contribution in [3.8, 4) is 11.5 Å².